The van der Waals surface area contributed by atoms with E-state index in [1.165, 1.54) is 35.5 Å². The summed E-state index contributed by atoms with van der Waals surface area (Å²) in [6.45, 7) is 1.97. The molecule has 0 saturated carbocycles. The van der Waals surface area contributed by atoms with E-state index in [1.807, 2.05) is 0 Å². The highest BCUT2D eigenvalue weighted by Gasteiger charge is 2.44. The monoisotopic (exact) mass is 365 g/mol. The molecule has 0 aromatic heterocycles. The zero-order valence-electron chi connectivity index (χ0n) is 13.0. The van der Waals surface area contributed by atoms with E-state index in [0.29, 0.717) is 16.2 Å². The second-order valence-electron chi connectivity index (χ2n) is 4.87. The van der Waals surface area contributed by atoms with Gasteiger partial charge in [0, 0.05) is 11.0 Å². The lowest BCUT2D eigenvalue weighted by Gasteiger charge is -2.16. The smallest absolute Gasteiger partial charge is 0.355 e. The number of carbonyl (C=O) groups is 2. The van der Waals surface area contributed by atoms with Gasteiger partial charge in [0.05, 0.1) is 18.6 Å². The first-order valence-electron chi connectivity index (χ1n) is 7.17. The van der Waals surface area contributed by atoms with Crippen LogP contribution in [0.4, 0.5) is 0 Å². The van der Waals surface area contributed by atoms with Crippen molar-refractivity contribution in [1.29, 1.82) is 0 Å². The van der Waals surface area contributed by atoms with Crippen LogP contribution in [0.3, 0.4) is 0 Å². The lowest BCUT2D eigenvalue weighted by molar-refractivity contribution is -0.142. The molecule has 0 bridgehead atoms. The lowest BCUT2D eigenvalue weighted by Crippen LogP contribution is -2.30. The number of para-hydroxylation sites is 1. The number of hydrogen-bond donors (Lipinski definition) is 1. The summed E-state index contributed by atoms with van der Waals surface area (Å²) >= 11 is 2.72. The molecule has 0 spiro atoms. The van der Waals surface area contributed by atoms with Gasteiger partial charge in [-0.2, -0.15) is 0 Å². The maximum absolute atomic E-state index is 12.6. The first-order valence-corrected chi connectivity index (χ1v) is 8.99. The van der Waals surface area contributed by atoms with E-state index >= 15 is 0 Å². The van der Waals surface area contributed by atoms with Gasteiger partial charge in [-0.1, -0.05) is 35.7 Å². The Kier molecular flexibility index (Phi) is 4.77. The van der Waals surface area contributed by atoms with Crippen molar-refractivity contribution < 1.29 is 24.2 Å². The number of nitrogens with zero attached hydrogens (tertiary/aromatic N) is 1. The molecular formula is C16H15NO5S2. The number of benzene rings is 1. The summed E-state index contributed by atoms with van der Waals surface area (Å²) in [5, 5.41) is 11.8. The van der Waals surface area contributed by atoms with E-state index in [2.05, 4.69) is 0 Å². The molecule has 24 heavy (non-hydrogen) atoms. The van der Waals surface area contributed by atoms with Crippen LogP contribution in [0.1, 0.15) is 12.5 Å². The fraction of sp³-hybridized carbons (Fsp3) is 0.250. The fourth-order valence-electron chi connectivity index (χ4n) is 2.33. The molecule has 2 aliphatic heterocycles. The van der Waals surface area contributed by atoms with Crippen molar-refractivity contribution in [1.82, 2.24) is 4.90 Å². The maximum atomic E-state index is 12.6. The number of esters is 1. The second-order valence-corrected chi connectivity index (χ2v) is 7.24. The number of methoxy groups -OCH3 is 1. The number of ether oxygens (including phenoxy) is 2. The van der Waals surface area contributed by atoms with Crippen molar-refractivity contribution in [3.05, 3.63) is 39.8 Å². The number of phenolic OH excluding ortho intramolecular Hbond substituents is 1. The van der Waals surface area contributed by atoms with Crippen molar-refractivity contribution >= 4 is 41.5 Å². The van der Waals surface area contributed by atoms with Crippen LogP contribution in [0.5, 0.6) is 11.5 Å². The number of fused-ring (bicyclic) bond motifs is 1. The largest absolute Gasteiger partial charge is 0.504 e. The van der Waals surface area contributed by atoms with Crippen LogP contribution in [0.2, 0.25) is 0 Å². The highest BCUT2D eigenvalue weighted by atomic mass is 32.2. The molecule has 1 unspecified atom stereocenters. The Balaban J connectivity index is 1.88. The van der Waals surface area contributed by atoms with Crippen LogP contribution in [-0.4, -0.2) is 40.3 Å². The van der Waals surface area contributed by atoms with Gasteiger partial charge in [-0.25, -0.2) is 4.79 Å². The van der Waals surface area contributed by atoms with Crippen molar-refractivity contribution in [3.8, 4) is 11.5 Å². The zero-order valence-corrected chi connectivity index (χ0v) is 14.6. The van der Waals surface area contributed by atoms with E-state index in [4.69, 9.17) is 9.47 Å². The third kappa shape index (κ3) is 2.87. The molecule has 0 radical (unpaired) electrons. The number of thioether (sulfide) groups is 2. The molecule has 8 heteroatoms. The van der Waals surface area contributed by atoms with Gasteiger partial charge in [0.2, 0.25) is 0 Å². The average molecular weight is 365 g/mol. The van der Waals surface area contributed by atoms with Gasteiger partial charge >= 0.3 is 5.97 Å². The van der Waals surface area contributed by atoms with Crippen molar-refractivity contribution in [2.24, 2.45) is 0 Å². The Bertz CT molecular complexity index is 759. The Hall–Kier alpha value is -2.06. The van der Waals surface area contributed by atoms with Gasteiger partial charge < -0.3 is 14.6 Å². The highest BCUT2D eigenvalue weighted by Crippen LogP contribution is 2.49. The van der Waals surface area contributed by atoms with Crippen molar-refractivity contribution in [2.75, 3.05) is 13.7 Å². The van der Waals surface area contributed by atoms with Crippen LogP contribution < -0.4 is 4.74 Å². The van der Waals surface area contributed by atoms with E-state index in [1.54, 1.807) is 36.6 Å². The molecule has 1 saturated heterocycles. The Labute approximate surface area is 147 Å². The van der Waals surface area contributed by atoms with E-state index in [9.17, 15) is 14.7 Å². The Morgan fingerprint density at radius 3 is 2.96 bits per heavy atom. The average Bonchev–Trinajstić information content (AvgIpc) is 3.11. The van der Waals surface area contributed by atoms with Crippen LogP contribution in [0.25, 0.3) is 6.08 Å². The second kappa shape index (κ2) is 6.82. The quantitative estimate of drug-likeness (QED) is 0.649. The molecule has 1 aromatic rings. The number of hydrogen-bond acceptors (Lipinski definition) is 7. The molecule has 1 fully saturated rings. The number of phenols is 1. The molecule has 3 rings (SSSR count). The maximum Gasteiger partial charge on any atom is 0.355 e. The predicted molar refractivity (Wildman–Crippen MR) is 93.2 cm³/mol. The molecule has 1 atom stereocenters. The summed E-state index contributed by atoms with van der Waals surface area (Å²) < 4.78 is 9.83. The molecule has 0 aliphatic carbocycles. The fourth-order valence-corrected chi connectivity index (χ4v) is 4.74. The van der Waals surface area contributed by atoms with E-state index < -0.39 is 5.97 Å². The Morgan fingerprint density at radius 1 is 1.46 bits per heavy atom. The van der Waals surface area contributed by atoms with Crippen molar-refractivity contribution in [3.63, 3.8) is 0 Å². The summed E-state index contributed by atoms with van der Waals surface area (Å²) in [5.74, 6) is -0.480. The number of aromatic hydroxyl groups is 1. The van der Waals surface area contributed by atoms with Gasteiger partial charge in [0.25, 0.3) is 5.91 Å². The lowest BCUT2D eigenvalue weighted by atomic mass is 10.1. The van der Waals surface area contributed by atoms with Gasteiger partial charge in [-0.05, 0) is 19.1 Å². The minimum absolute atomic E-state index is 0.0261. The third-order valence-electron chi connectivity index (χ3n) is 3.45. The summed E-state index contributed by atoms with van der Waals surface area (Å²) in [6, 6.07) is 5.06. The first kappa shape index (κ1) is 16.8. The van der Waals surface area contributed by atoms with Gasteiger partial charge in [0.1, 0.15) is 10.4 Å². The molecule has 1 amide bonds. The first-order chi connectivity index (χ1) is 11.6. The van der Waals surface area contributed by atoms with E-state index in [-0.39, 0.29) is 28.7 Å². The van der Waals surface area contributed by atoms with Crippen LogP contribution in [0, 0.1) is 0 Å². The summed E-state index contributed by atoms with van der Waals surface area (Å²) in [7, 11) is 1.46. The van der Waals surface area contributed by atoms with Crippen LogP contribution >= 0.6 is 23.5 Å². The number of carbonyl (C=O) groups excluding carboxylic acids is 2. The molecular weight excluding hydrogens is 350 g/mol. The minimum atomic E-state index is -0.507. The number of rotatable bonds is 4. The molecule has 2 heterocycles. The van der Waals surface area contributed by atoms with Crippen molar-refractivity contribution in [2.45, 2.75) is 11.6 Å². The summed E-state index contributed by atoms with van der Waals surface area (Å²) in [4.78, 5) is 26.5. The minimum Gasteiger partial charge on any atom is -0.504 e. The Morgan fingerprint density at radius 2 is 2.25 bits per heavy atom. The molecule has 126 valence electrons. The normalized spacial score (nSPS) is 21.0. The molecule has 1 N–H and O–H groups in total. The standard InChI is InChI=1S/C16H15NO5S2/c1-3-22-15(20)10-8-23-16-17(10)14(19)12(24-16)7-9-5-4-6-11(21-2)13(9)18/h4-8,16,18H,3H2,1-2H3. The SMILES string of the molecule is CCOC(=O)C1=CSC2SC(=Cc3cccc(OC)c3O)C(=O)N12. The highest BCUT2D eigenvalue weighted by molar-refractivity contribution is 8.21. The van der Waals surface area contributed by atoms with Crippen LogP contribution in [0.15, 0.2) is 34.2 Å². The van der Waals surface area contributed by atoms with E-state index in [0.717, 1.165) is 0 Å². The molecule has 2 aliphatic rings. The topological polar surface area (TPSA) is 76.1 Å². The van der Waals surface area contributed by atoms with Crippen LogP contribution in [-0.2, 0) is 14.3 Å². The van der Waals surface area contributed by atoms with Gasteiger partial charge in [-0.15, -0.1) is 0 Å². The summed E-state index contributed by atoms with van der Waals surface area (Å²) in [5.41, 5.74) is 0.737. The summed E-state index contributed by atoms with van der Waals surface area (Å²) in [6.07, 6.45) is 1.60. The van der Waals surface area contributed by atoms with Gasteiger partial charge in [0.15, 0.2) is 11.5 Å². The zero-order chi connectivity index (χ0) is 17.3. The van der Waals surface area contributed by atoms with Gasteiger partial charge in [-0.3, -0.25) is 9.69 Å². The molecule has 6 nitrogen and oxygen atoms in total. The predicted octanol–water partition coefficient (Wildman–Crippen LogP) is 2.75. The third-order valence-corrected chi connectivity index (χ3v) is 5.83. The molecule has 1 aromatic carbocycles. The number of amides is 1.